The lowest BCUT2D eigenvalue weighted by Crippen LogP contribution is -2.43. The van der Waals surface area contributed by atoms with Crippen LogP contribution in [0.3, 0.4) is 0 Å². The quantitative estimate of drug-likeness (QED) is 0.587. The number of urea groups is 1. The minimum Gasteiger partial charge on any atom is -0.336 e. The average Bonchev–Trinajstić information content (AvgIpc) is 3.09. The minimum atomic E-state index is -0.166. The van der Waals surface area contributed by atoms with E-state index < -0.39 is 0 Å². The molecule has 28 heavy (non-hydrogen) atoms. The first kappa shape index (κ1) is 20.2. The van der Waals surface area contributed by atoms with Gasteiger partial charge in [0.2, 0.25) is 0 Å². The van der Waals surface area contributed by atoms with E-state index in [1.807, 2.05) is 67.1 Å². The highest BCUT2D eigenvalue weighted by atomic mass is 35.5. The predicted molar refractivity (Wildman–Crippen MR) is 114 cm³/mol. The normalized spacial score (nSPS) is 10.9. The Morgan fingerprint density at radius 1 is 1.18 bits per heavy atom. The van der Waals surface area contributed by atoms with Gasteiger partial charge in [-0.2, -0.15) is 0 Å². The van der Waals surface area contributed by atoms with Crippen LogP contribution in [0.4, 0.5) is 10.5 Å². The van der Waals surface area contributed by atoms with E-state index in [0.29, 0.717) is 23.1 Å². The number of anilines is 1. The third kappa shape index (κ3) is 5.06. The zero-order valence-electron chi connectivity index (χ0n) is 15.8. The number of nitrogens with one attached hydrogen (secondary N) is 1. The molecule has 0 aliphatic heterocycles. The van der Waals surface area contributed by atoms with Crippen LogP contribution in [0.1, 0.15) is 25.2 Å². The summed E-state index contributed by atoms with van der Waals surface area (Å²) in [7, 11) is 0. The first-order valence-corrected chi connectivity index (χ1v) is 9.76. The van der Waals surface area contributed by atoms with Gasteiger partial charge < -0.3 is 9.88 Å². The number of carbonyl (C=O) groups excluding carboxylic acids is 1. The van der Waals surface area contributed by atoms with Crippen molar-refractivity contribution in [3.8, 4) is 0 Å². The molecule has 0 saturated carbocycles. The third-order valence-corrected chi connectivity index (χ3v) is 4.77. The molecule has 0 bridgehead atoms. The lowest BCUT2D eigenvalue weighted by molar-refractivity contribution is 0.243. The Labute approximate surface area is 174 Å². The van der Waals surface area contributed by atoms with Crippen molar-refractivity contribution in [3.05, 3.63) is 82.4 Å². The lowest BCUT2D eigenvalue weighted by atomic mass is 10.2. The van der Waals surface area contributed by atoms with Gasteiger partial charge in [0.15, 0.2) is 0 Å². The van der Waals surface area contributed by atoms with E-state index in [2.05, 4.69) is 10.3 Å². The Bertz CT molecular complexity index is 941. The molecule has 7 heteroatoms. The number of hydrogen-bond acceptors (Lipinski definition) is 2. The van der Waals surface area contributed by atoms with Gasteiger partial charge in [0.25, 0.3) is 0 Å². The lowest BCUT2D eigenvalue weighted by Gasteiger charge is -2.24. The van der Waals surface area contributed by atoms with E-state index in [9.17, 15) is 4.79 Å². The van der Waals surface area contributed by atoms with Crippen LogP contribution in [-0.4, -0.2) is 21.6 Å². The van der Waals surface area contributed by atoms with Crippen molar-refractivity contribution in [2.24, 2.45) is 0 Å². The Hall–Kier alpha value is -2.50. The monoisotopic (exact) mass is 416 g/mol. The molecule has 3 rings (SSSR count). The van der Waals surface area contributed by atoms with Crippen LogP contribution in [0.15, 0.2) is 60.9 Å². The molecule has 146 valence electrons. The largest absolute Gasteiger partial charge is 0.336 e. The topological polar surface area (TPSA) is 50.2 Å². The molecule has 1 N–H and O–H groups in total. The molecule has 0 fully saturated rings. The van der Waals surface area contributed by atoms with E-state index in [1.165, 1.54) is 0 Å². The maximum absolute atomic E-state index is 12.8. The second kappa shape index (κ2) is 9.13. The van der Waals surface area contributed by atoms with Crippen LogP contribution in [-0.2, 0) is 13.1 Å². The minimum absolute atomic E-state index is 0.0336. The van der Waals surface area contributed by atoms with Crippen LogP contribution < -0.4 is 10.2 Å². The number of rotatable bonds is 6. The van der Waals surface area contributed by atoms with Crippen LogP contribution in [0.2, 0.25) is 10.0 Å². The Balaban J connectivity index is 1.86. The van der Waals surface area contributed by atoms with E-state index in [0.717, 1.165) is 17.1 Å². The first-order valence-electron chi connectivity index (χ1n) is 9.01. The molecule has 0 atom stereocenters. The summed E-state index contributed by atoms with van der Waals surface area (Å²) in [6, 6.07) is 14.8. The number of para-hydroxylation sites is 1. The molecular weight excluding hydrogens is 395 g/mol. The predicted octanol–water partition coefficient (Wildman–Crippen LogP) is 5.36. The van der Waals surface area contributed by atoms with Gasteiger partial charge in [-0.15, -0.1) is 0 Å². The number of carbonyl (C=O) groups is 1. The molecule has 0 aliphatic carbocycles. The number of imidazole rings is 1. The summed E-state index contributed by atoms with van der Waals surface area (Å²) in [4.78, 5) is 18.9. The van der Waals surface area contributed by atoms with Crippen molar-refractivity contribution in [1.29, 1.82) is 0 Å². The second-order valence-corrected chi connectivity index (χ2v) is 7.58. The fourth-order valence-corrected chi connectivity index (χ4v) is 3.29. The van der Waals surface area contributed by atoms with Crippen molar-refractivity contribution < 1.29 is 4.79 Å². The summed E-state index contributed by atoms with van der Waals surface area (Å²) >= 11 is 12.3. The third-order valence-electron chi connectivity index (χ3n) is 4.18. The number of aromatic nitrogens is 2. The summed E-state index contributed by atoms with van der Waals surface area (Å²) in [6.07, 6.45) is 3.60. The second-order valence-electron chi connectivity index (χ2n) is 6.73. The summed E-state index contributed by atoms with van der Waals surface area (Å²) in [5.41, 5.74) is 1.74. The molecule has 1 aromatic heterocycles. The van der Waals surface area contributed by atoms with Crippen molar-refractivity contribution >= 4 is 34.9 Å². The van der Waals surface area contributed by atoms with Crippen molar-refractivity contribution in [2.75, 3.05) is 4.90 Å². The summed E-state index contributed by atoms with van der Waals surface area (Å²) in [5, 5.41) is 4.15. The highest BCUT2D eigenvalue weighted by Gasteiger charge is 2.19. The maximum Gasteiger partial charge on any atom is 0.322 e. The number of halogens is 2. The molecular formula is C21H22Cl2N4O. The Morgan fingerprint density at radius 3 is 2.61 bits per heavy atom. The molecule has 5 nitrogen and oxygen atoms in total. The molecule has 1 heterocycles. The number of nitrogens with zero attached hydrogens (tertiary/aromatic N) is 3. The van der Waals surface area contributed by atoms with Gasteiger partial charge in [-0.05, 0) is 43.7 Å². The van der Waals surface area contributed by atoms with Crippen molar-refractivity contribution in [3.63, 3.8) is 0 Å². The number of benzene rings is 2. The Morgan fingerprint density at radius 2 is 1.93 bits per heavy atom. The smallest absolute Gasteiger partial charge is 0.322 e. The summed E-state index contributed by atoms with van der Waals surface area (Å²) < 4.78 is 1.98. The van der Waals surface area contributed by atoms with Crippen LogP contribution in [0, 0.1) is 0 Å². The van der Waals surface area contributed by atoms with Gasteiger partial charge >= 0.3 is 6.03 Å². The number of hydrogen-bond donors (Lipinski definition) is 1. The molecule has 0 aliphatic rings. The zero-order chi connectivity index (χ0) is 20.1. The highest BCUT2D eigenvalue weighted by molar-refractivity contribution is 6.35. The van der Waals surface area contributed by atoms with Gasteiger partial charge in [-0.1, -0.05) is 47.5 Å². The molecule has 0 spiro atoms. The highest BCUT2D eigenvalue weighted by Crippen LogP contribution is 2.23. The standard InChI is InChI=1S/C21H22Cl2N4O/c1-15(2)25-21(28)27(18-6-4-3-5-7-18)14-20-24-10-11-26(20)13-16-8-9-17(22)12-19(16)23/h3-12,15H,13-14H2,1-2H3,(H,25,28). The molecule has 2 aromatic carbocycles. The van der Waals surface area contributed by atoms with Gasteiger partial charge in [-0.3, -0.25) is 4.90 Å². The van der Waals surface area contributed by atoms with Crippen molar-refractivity contribution in [2.45, 2.75) is 33.0 Å². The SMILES string of the molecule is CC(C)NC(=O)N(Cc1nccn1Cc1ccc(Cl)cc1Cl)c1ccccc1. The van der Waals surface area contributed by atoms with Gasteiger partial charge in [0.05, 0.1) is 13.1 Å². The maximum atomic E-state index is 12.8. The number of amides is 2. The van der Waals surface area contributed by atoms with E-state index in [4.69, 9.17) is 23.2 Å². The van der Waals surface area contributed by atoms with E-state index >= 15 is 0 Å². The van der Waals surface area contributed by atoms with E-state index in [-0.39, 0.29) is 12.1 Å². The van der Waals surface area contributed by atoms with Crippen LogP contribution in [0.25, 0.3) is 0 Å². The fourth-order valence-electron chi connectivity index (χ4n) is 2.82. The summed E-state index contributed by atoms with van der Waals surface area (Å²) in [5.74, 6) is 0.758. The average molecular weight is 417 g/mol. The van der Waals surface area contributed by atoms with Gasteiger partial charge in [-0.25, -0.2) is 9.78 Å². The molecule has 3 aromatic rings. The van der Waals surface area contributed by atoms with Gasteiger partial charge in [0, 0.05) is 34.2 Å². The van der Waals surface area contributed by atoms with Crippen molar-refractivity contribution in [1.82, 2.24) is 14.9 Å². The first-order chi connectivity index (χ1) is 13.4. The van der Waals surface area contributed by atoms with E-state index in [1.54, 1.807) is 17.2 Å². The molecule has 0 radical (unpaired) electrons. The Kier molecular flexibility index (Phi) is 6.60. The molecule has 0 saturated heterocycles. The summed E-state index contributed by atoms with van der Waals surface area (Å²) in [6.45, 7) is 4.75. The molecule has 2 amide bonds. The van der Waals surface area contributed by atoms with Crippen LogP contribution in [0.5, 0.6) is 0 Å². The molecule has 0 unspecified atom stereocenters. The van der Waals surface area contributed by atoms with Gasteiger partial charge in [0.1, 0.15) is 5.82 Å². The van der Waals surface area contributed by atoms with Crippen LogP contribution >= 0.6 is 23.2 Å². The zero-order valence-corrected chi connectivity index (χ0v) is 17.3. The fraction of sp³-hybridized carbons (Fsp3) is 0.238.